The van der Waals surface area contributed by atoms with Crippen molar-refractivity contribution in [3.05, 3.63) is 94.0 Å². The Bertz CT molecular complexity index is 1570. The number of anilines is 1. The molecular formula is C26H21ClN4O3. The number of hydrogen-bond acceptors (Lipinski definition) is 6. The molecule has 0 aliphatic heterocycles. The zero-order valence-corrected chi connectivity index (χ0v) is 19.3. The minimum absolute atomic E-state index is 0.0658. The van der Waals surface area contributed by atoms with Crippen molar-refractivity contribution in [1.82, 2.24) is 14.5 Å². The number of rotatable bonds is 6. The van der Waals surface area contributed by atoms with Gasteiger partial charge in [0.2, 0.25) is 0 Å². The first-order chi connectivity index (χ1) is 16.6. The van der Waals surface area contributed by atoms with Crippen LogP contribution in [0.3, 0.4) is 0 Å². The summed E-state index contributed by atoms with van der Waals surface area (Å²) in [6.45, 7) is 0.269. The molecular weight excluding hydrogens is 452 g/mol. The number of para-hydroxylation sites is 1. The number of pyridine rings is 1. The summed E-state index contributed by atoms with van der Waals surface area (Å²) in [6, 6.07) is 18.7. The van der Waals surface area contributed by atoms with E-state index in [1.165, 1.54) is 6.33 Å². The molecule has 7 nitrogen and oxygen atoms in total. The fourth-order valence-electron chi connectivity index (χ4n) is 3.98. The normalized spacial score (nSPS) is 11.0. The molecule has 3 aromatic carbocycles. The van der Waals surface area contributed by atoms with Crippen LogP contribution in [0.25, 0.3) is 27.5 Å². The Balaban J connectivity index is 1.59. The highest BCUT2D eigenvalue weighted by molar-refractivity contribution is 6.31. The molecule has 0 amide bonds. The lowest BCUT2D eigenvalue weighted by molar-refractivity contribution is 0.356. The maximum Gasteiger partial charge on any atom is 0.194 e. The van der Waals surface area contributed by atoms with Gasteiger partial charge in [-0.15, -0.1) is 0 Å². The van der Waals surface area contributed by atoms with Crippen molar-refractivity contribution in [3.63, 3.8) is 0 Å². The lowest BCUT2D eigenvalue weighted by Crippen LogP contribution is -2.17. The van der Waals surface area contributed by atoms with Crippen molar-refractivity contribution < 1.29 is 9.47 Å². The second-order valence-corrected chi connectivity index (χ2v) is 8.09. The lowest BCUT2D eigenvalue weighted by atomic mass is 10.1. The molecule has 0 bridgehead atoms. The Morgan fingerprint density at radius 2 is 1.71 bits per heavy atom. The monoisotopic (exact) mass is 472 g/mol. The molecule has 0 aliphatic rings. The van der Waals surface area contributed by atoms with Gasteiger partial charge >= 0.3 is 0 Å². The predicted octanol–water partition coefficient (Wildman–Crippen LogP) is 5.22. The third kappa shape index (κ3) is 3.91. The van der Waals surface area contributed by atoms with Gasteiger partial charge in [0.25, 0.3) is 0 Å². The van der Waals surface area contributed by atoms with Crippen LogP contribution in [-0.2, 0) is 6.54 Å². The molecule has 0 unspecified atom stereocenters. The van der Waals surface area contributed by atoms with E-state index in [1.54, 1.807) is 38.5 Å². The number of halogens is 1. The van der Waals surface area contributed by atoms with Gasteiger partial charge in [-0.3, -0.25) is 4.79 Å². The van der Waals surface area contributed by atoms with Gasteiger partial charge in [0.15, 0.2) is 16.9 Å². The number of nitrogens with zero attached hydrogens (tertiary/aromatic N) is 3. The van der Waals surface area contributed by atoms with E-state index in [-0.39, 0.29) is 12.0 Å². The number of methoxy groups -OCH3 is 2. The summed E-state index contributed by atoms with van der Waals surface area (Å²) in [5.41, 5.74) is 2.90. The molecule has 0 radical (unpaired) electrons. The van der Waals surface area contributed by atoms with Crippen molar-refractivity contribution in [2.24, 2.45) is 0 Å². The van der Waals surface area contributed by atoms with E-state index in [4.69, 9.17) is 21.1 Å². The summed E-state index contributed by atoms with van der Waals surface area (Å²) in [5.74, 6) is 1.74. The van der Waals surface area contributed by atoms with Crippen molar-refractivity contribution in [3.8, 4) is 17.2 Å². The molecule has 1 N–H and O–H groups in total. The van der Waals surface area contributed by atoms with Crippen molar-refractivity contribution in [2.45, 2.75) is 6.54 Å². The lowest BCUT2D eigenvalue weighted by Gasteiger charge is -2.15. The third-order valence-corrected chi connectivity index (χ3v) is 5.90. The molecule has 8 heteroatoms. The summed E-state index contributed by atoms with van der Waals surface area (Å²) in [4.78, 5) is 22.1. The van der Waals surface area contributed by atoms with Crippen LogP contribution in [0.15, 0.2) is 78.0 Å². The Hall–Kier alpha value is -4.10. The predicted molar refractivity (Wildman–Crippen MR) is 135 cm³/mol. The molecule has 5 rings (SSSR count). The second kappa shape index (κ2) is 9.03. The van der Waals surface area contributed by atoms with Crippen LogP contribution in [0.5, 0.6) is 11.5 Å². The number of benzene rings is 3. The van der Waals surface area contributed by atoms with Crippen LogP contribution in [0.4, 0.5) is 5.82 Å². The largest absolute Gasteiger partial charge is 0.493 e. The van der Waals surface area contributed by atoms with Gasteiger partial charge in [0, 0.05) is 45.9 Å². The SMILES string of the molecule is COc1cc2ncnc(NCc3cn(-c4ccccc4)c4cc(Cl)ccc4c3=O)c2cc1OC. The molecule has 34 heavy (non-hydrogen) atoms. The average Bonchev–Trinajstić information content (AvgIpc) is 2.87. The van der Waals surface area contributed by atoms with E-state index in [2.05, 4.69) is 15.3 Å². The molecule has 0 aliphatic carbocycles. The summed E-state index contributed by atoms with van der Waals surface area (Å²) in [7, 11) is 3.16. The minimum atomic E-state index is -0.0658. The van der Waals surface area contributed by atoms with Gasteiger partial charge in [-0.2, -0.15) is 0 Å². The smallest absolute Gasteiger partial charge is 0.194 e. The van der Waals surface area contributed by atoms with E-state index in [0.717, 1.165) is 16.6 Å². The fraction of sp³-hybridized carbons (Fsp3) is 0.115. The van der Waals surface area contributed by atoms with Crippen LogP contribution in [0, 0.1) is 0 Å². The number of nitrogens with one attached hydrogen (secondary N) is 1. The summed E-state index contributed by atoms with van der Waals surface area (Å²) in [6.07, 6.45) is 3.32. The maximum absolute atomic E-state index is 13.3. The summed E-state index contributed by atoms with van der Waals surface area (Å²) >= 11 is 6.25. The fourth-order valence-corrected chi connectivity index (χ4v) is 4.15. The summed E-state index contributed by atoms with van der Waals surface area (Å²) in [5, 5.41) is 5.22. The topological polar surface area (TPSA) is 78.3 Å². The maximum atomic E-state index is 13.3. The van der Waals surface area contributed by atoms with Crippen molar-refractivity contribution in [1.29, 1.82) is 0 Å². The molecule has 170 valence electrons. The number of fused-ring (bicyclic) bond motifs is 2. The minimum Gasteiger partial charge on any atom is -0.493 e. The van der Waals surface area contributed by atoms with Gasteiger partial charge in [-0.25, -0.2) is 9.97 Å². The quantitative estimate of drug-likeness (QED) is 0.365. The standard InChI is InChI=1S/C26H21ClN4O3/c1-33-23-11-20-21(12-24(23)34-2)29-15-30-26(20)28-13-16-14-31(18-6-4-3-5-7-18)22-10-17(27)8-9-19(22)25(16)32/h3-12,14-15H,13H2,1-2H3,(H,28,29,30). The second-order valence-electron chi connectivity index (χ2n) is 7.65. The van der Waals surface area contributed by atoms with Crippen LogP contribution >= 0.6 is 11.6 Å². The molecule has 0 spiro atoms. The van der Waals surface area contributed by atoms with Crippen molar-refractivity contribution in [2.75, 3.05) is 19.5 Å². The van der Waals surface area contributed by atoms with Gasteiger partial charge in [-0.1, -0.05) is 29.8 Å². The first-order valence-electron chi connectivity index (χ1n) is 10.6. The molecule has 0 saturated carbocycles. The van der Waals surface area contributed by atoms with Crippen LogP contribution in [0.1, 0.15) is 5.56 Å². The highest BCUT2D eigenvalue weighted by atomic mass is 35.5. The number of hydrogen-bond donors (Lipinski definition) is 1. The van der Waals surface area contributed by atoms with E-state index in [0.29, 0.717) is 38.8 Å². The molecule has 5 aromatic rings. The van der Waals surface area contributed by atoms with Gasteiger partial charge < -0.3 is 19.4 Å². The van der Waals surface area contributed by atoms with Gasteiger partial charge in [-0.05, 0) is 36.4 Å². The first kappa shape index (κ1) is 21.7. The Morgan fingerprint density at radius 1 is 0.941 bits per heavy atom. The molecule has 2 aromatic heterocycles. The number of aromatic nitrogens is 3. The first-order valence-corrected chi connectivity index (χ1v) is 11.0. The highest BCUT2D eigenvalue weighted by Crippen LogP contribution is 2.33. The van der Waals surface area contributed by atoms with E-state index in [9.17, 15) is 4.79 Å². The molecule has 0 atom stereocenters. The Morgan fingerprint density at radius 3 is 2.47 bits per heavy atom. The van der Waals surface area contributed by atoms with Crippen LogP contribution in [0.2, 0.25) is 5.02 Å². The van der Waals surface area contributed by atoms with Crippen molar-refractivity contribution >= 4 is 39.2 Å². The average molecular weight is 473 g/mol. The zero-order valence-electron chi connectivity index (χ0n) is 18.6. The van der Waals surface area contributed by atoms with E-state index < -0.39 is 0 Å². The van der Waals surface area contributed by atoms with E-state index >= 15 is 0 Å². The van der Waals surface area contributed by atoms with Gasteiger partial charge in [0.05, 0.1) is 25.3 Å². The van der Waals surface area contributed by atoms with Gasteiger partial charge in [0.1, 0.15) is 12.1 Å². The summed E-state index contributed by atoms with van der Waals surface area (Å²) < 4.78 is 12.8. The third-order valence-electron chi connectivity index (χ3n) is 5.66. The highest BCUT2D eigenvalue weighted by Gasteiger charge is 2.14. The zero-order chi connectivity index (χ0) is 23.7. The molecule has 0 saturated heterocycles. The van der Waals surface area contributed by atoms with E-state index in [1.807, 2.05) is 47.2 Å². The Kier molecular flexibility index (Phi) is 5.77. The van der Waals surface area contributed by atoms with Crippen LogP contribution in [-0.4, -0.2) is 28.8 Å². The molecule has 0 fully saturated rings. The van der Waals surface area contributed by atoms with Crippen LogP contribution < -0.4 is 20.2 Å². The molecule has 2 heterocycles. The number of ether oxygens (including phenoxy) is 2. The Labute approximate surface area is 200 Å².